The van der Waals surface area contributed by atoms with Crippen molar-refractivity contribution >= 4 is 5.84 Å². The zero-order chi connectivity index (χ0) is 19.3. The van der Waals surface area contributed by atoms with Crippen LogP contribution in [0.4, 0.5) is 0 Å². The van der Waals surface area contributed by atoms with E-state index >= 15 is 0 Å². The molecule has 0 aromatic rings. The molecule has 0 aliphatic heterocycles. The molecule has 0 heterocycles. The Morgan fingerprint density at radius 3 is 1.27 bits per heavy atom. The molecular formula is C24H50N2. The molecule has 0 amide bonds. The predicted octanol–water partition coefficient (Wildman–Crippen LogP) is 8.01. The lowest BCUT2D eigenvalue weighted by atomic mass is 10.0. The molecule has 0 unspecified atom stereocenters. The summed E-state index contributed by atoms with van der Waals surface area (Å²) in [4.78, 5) is 6.94. The lowest BCUT2D eigenvalue weighted by Gasteiger charge is -2.15. The van der Waals surface area contributed by atoms with Crippen LogP contribution >= 0.6 is 0 Å². The van der Waals surface area contributed by atoms with Gasteiger partial charge in [0.1, 0.15) is 0 Å². The number of amidine groups is 1. The minimum Gasteiger partial charge on any atom is -0.366 e. The fourth-order valence-electron chi connectivity index (χ4n) is 3.54. The first-order valence-electron chi connectivity index (χ1n) is 11.9. The van der Waals surface area contributed by atoms with Crippen LogP contribution in [0.2, 0.25) is 0 Å². The Labute approximate surface area is 166 Å². The standard InChI is InChI=1S/C24H50N2/c1-5-7-8-9-10-11-12-13-14-15-16-17-18-19-20-21-23-25-24(22-6-2)26(3)4/h5-23H2,1-4H3. The molecule has 2 nitrogen and oxygen atoms in total. The summed E-state index contributed by atoms with van der Waals surface area (Å²) in [6.07, 6.45) is 25.2. The molecule has 0 atom stereocenters. The largest absolute Gasteiger partial charge is 0.366 e. The number of aliphatic imine (C=N–C) groups is 1. The highest BCUT2D eigenvalue weighted by molar-refractivity contribution is 5.81. The molecule has 0 aromatic carbocycles. The van der Waals surface area contributed by atoms with Crippen LogP contribution < -0.4 is 0 Å². The Bertz CT molecular complexity index is 297. The molecule has 0 aliphatic carbocycles. The molecule has 0 aliphatic rings. The molecular weight excluding hydrogens is 316 g/mol. The molecule has 0 radical (unpaired) electrons. The third-order valence-corrected chi connectivity index (χ3v) is 5.30. The first-order valence-corrected chi connectivity index (χ1v) is 11.9. The van der Waals surface area contributed by atoms with Crippen molar-refractivity contribution in [2.24, 2.45) is 4.99 Å². The lowest BCUT2D eigenvalue weighted by Crippen LogP contribution is -2.22. The van der Waals surface area contributed by atoms with Crippen LogP contribution in [0.15, 0.2) is 4.99 Å². The summed E-state index contributed by atoms with van der Waals surface area (Å²) in [6.45, 7) is 5.55. The van der Waals surface area contributed by atoms with E-state index in [2.05, 4.69) is 32.8 Å². The highest BCUT2D eigenvalue weighted by atomic mass is 15.1. The van der Waals surface area contributed by atoms with E-state index < -0.39 is 0 Å². The highest BCUT2D eigenvalue weighted by Gasteiger charge is 1.99. The summed E-state index contributed by atoms with van der Waals surface area (Å²) in [6, 6.07) is 0. The molecule has 0 spiro atoms. The van der Waals surface area contributed by atoms with Gasteiger partial charge in [-0.1, -0.05) is 110 Å². The Hall–Kier alpha value is -0.530. The Kier molecular flexibility index (Phi) is 20.4. The van der Waals surface area contributed by atoms with Crippen molar-refractivity contribution in [3.05, 3.63) is 0 Å². The fourth-order valence-corrected chi connectivity index (χ4v) is 3.54. The molecule has 0 saturated carbocycles. The summed E-state index contributed by atoms with van der Waals surface area (Å²) >= 11 is 0. The van der Waals surface area contributed by atoms with E-state index in [1.165, 1.54) is 115 Å². The maximum absolute atomic E-state index is 4.76. The summed E-state index contributed by atoms with van der Waals surface area (Å²) in [5.41, 5.74) is 0. The first-order chi connectivity index (χ1) is 12.7. The summed E-state index contributed by atoms with van der Waals surface area (Å²) in [7, 11) is 4.23. The second-order valence-corrected chi connectivity index (χ2v) is 8.25. The molecule has 0 fully saturated rings. The maximum Gasteiger partial charge on any atom is 0.0983 e. The molecule has 26 heavy (non-hydrogen) atoms. The smallest absolute Gasteiger partial charge is 0.0983 e. The van der Waals surface area contributed by atoms with Crippen LogP contribution in [0.3, 0.4) is 0 Å². The molecule has 0 rings (SSSR count). The van der Waals surface area contributed by atoms with E-state index in [1.54, 1.807) is 0 Å². The number of rotatable bonds is 19. The predicted molar refractivity (Wildman–Crippen MR) is 120 cm³/mol. The van der Waals surface area contributed by atoms with Crippen molar-refractivity contribution in [1.29, 1.82) is 0 Å². The number of hydrogen-bond donors (Lipinski definition) is 0. The van der Waals surface area contributed by atoms with E-state index in [0.717, 1.165) is 13.0 Å². The molecule has 2 heteroatoms. The lowest BCUT2D eigenvalue weighted by molar-refractivity contribution is 0.529. The van der Waals surface area contributed by atoms with Crippen molar-refractivity contribution in [3.8, 4) is 0 Å². The van der Waals surface area contributed by atoms with Gasteiger partial charge in [0, 0.05) is 27.1 Å². The molecule has 0 N–H and O–H groups in total. The van der Waals surface area contributed by atoms with Gasteiger partial charge in [-0.05, 0) is 12.8 Å². The van der Waals surface area contributed by atoms with Gasteiger partial charge in [-0.25, -0.2) is 0 Å². The van der Waals surface area contributed by atoms with Gasteiger partial charge in [-0.2, -0.15) is 0 Å². The number of nitrogens with zero attached hydrogens (tertiary/aromatic N) is 2. The van der Waals surface area contributed by atoms with Gasteiger partial charge in [-0.3, -0.25) is 4.99 Å². The van der Waals surface area contributed by atoms with Crippen molar-refractivity contribution in [3.63, 3.8) is 0 Å². The van der Waals surface area contributed by atoms with E-state index in [0.29, 0.717) is 0 Å². The van der Waals surface area contributed by atoms with Crippen LogP contribution in [-0.2, 0) is 0 Å². The quantitative estimate of drug-likeness (QED) is 0.128. The van der Waals surface area contributed by atoms with Crippen LogP contribution in [0.1, 0.15) is 129 Å². The normalized spacial score (nSPS) is 11.9. The van der Waals surface area contributed by atoms with Crippen LogP contribution in [0.25, 0.3) is 0 Å². The van der Waals surface area contributed by atoms with Crippen molar-refractivity contribution in [2.75, 3.05) is 20.6 Å². The Morgan fingerprint density at radius 1 is 0.538 bits per heavy atom. The average Bonchev–Trinajstić information content (AvgIpc) is 2.63. The summed E-state index contributed by atoms with van der Waals surface area (Å²) in [5.74, 6) is 1.27. The zero-order valence-corrected chi connectivity index (χ0v) is 18.8. The van der Waals surface area contributed by atoms with Gasteiger partial charge in [0.15, 0.2) is 0 Å². The van der Waals surface area contributed by atoms with Gasteiger partial charge >= 0.3 is 0 Å². The summed E-state index contributed by atoms with van der Waals surface area (Å²) in [5, 5.41) is 0. The van der Waals surface area contributed by atoms with E-state index in [9.17, 15) is 0 Å². The van der Waals surface area contributed by atoms with Crippen molar-refractivity contribution in [2.45, 2.75) is 129 Å². The van der Waals surface area contributed by atoms with Gasteiger partial charge in [0.05, 0.1) is 5.84 Å². The van der Waals surface area contributed by atoms with Gasteiger partial charge in [-0.15, -0.1) is 0 Å². The molecule has 156 valence electrons. The first kappa shape index (κ1) is 25.5. The third-order valence-electron chi connectivity index (χ3n) is 5.30. The summed E-state index contributed by atoms with van der Waals surface area (Å²) < 4.78 is 0. The van der Waals surface area contributed by atoms with Gasteiger partial charge in [0.25, 0.3) is 0 Å². The second-order valence-electron chi connectivity index (χ2n) is 8.25. The fraction of sp³-hybridized carbons (Fsp3) is 0.958. The Balaban J connectivity index is 3.23. The minimum atomic E-state index is 1.02. The Morgan fingerprint density at radius 2 is 0.923 bits per heavy atom. The van der Waals surface area contributed by atoms with E-state index in [4.69, 9.17) is 4.99 Å². The van der Waals surface area contributed by atoms with Crippen molar-refractivity contribution < 1.29 is 0 Å². The maximum atomic E-state index is 4.76. The molecule has 0 bridgehead atoms. The minimum absolute atomic E-state index is 1.02. The van der Waals surface area contributed by atoms with Crippen LogP contribution in [-0.4, -0.2) is 31.4 Å². The number of unbranched alkanes of at least 4 members (excludes halogenated alkanes) is 15. The second kappa shape index (κ2) is 20.8. The van der Waals surface area contributed by atoms with Crippen LogP contribution in [0, 0.1) is 0 Å². The van der Waals surface area contributed by atoms with E-state index in [-0.39, 0.29) is 0 Å². The van der Waals surface area contributed by atoms with E-state index in [1.807, 2.05) is 0 Å². The van der Waals surface area contributed by atoms with Crippen LogP contribution in [0.5, 0.6) is 0 Å². The SMILES string of the molecule is CCCCCCCCCCCCCCCCCCN=C(CCC)N(C)C. The molecule has 0 aromatic heterocycles. The van der Waals surface area contributed by atoms with Crippen molar-refractivity contribution in [1.82, 2.24) is 4.90 Å². The average molecular weight is 367 g/mol. The third kappa shape index (κ3) is 18.3. The number of hydrogen-bond acceptors (Lipinski definition) is 1. The highest BCUT2D eigenvalue weighted by Crippen LogP contribution is 2.13. The zero-order valence-electron chi connectivity index (χ0n) is 18.8. The molecule has 0 saturated heterocycles. The van der Waals surface area contributed by atoms with Gasteiger partial charge in [0.2, 0.25) is 0 Å². The monoisotopic (exact) mass is 366 g/mol. The topological polar surface area (TPSA) is 15.6 Å². The van der Waals surface area contributed by atoms with Gasteiger partial charge < -0.3 is 4.90 Å².